The van der Waals surface area contributed by atoms with Gasteiger partial charge in [0, 0.05) is 45.4 Å². The lowest BCUT2D eigenvalue weighted by molar-refractivity contribution is -0.114. The highest BCUT2D eigenvalue weighted by Gasteiger charge is 2.26. The second-order valence-electron chi connectivity index (χ2n) is 14.1. The minimum atomic E-state index is 0.161. The average Bonchev–Trinajstić information content (AvgIpc) is 3.50. The van der Waals surface area contributed by atoms with Crippen molar-refractivity contribution in [3.63, 3.8) is 0 Å². The Morgan fingerprint density at radius 1 is 0.936 bits per heavy atom. The lowest BCUT2D eigenvalue weighted by Crippen LogP contribution is -2.18. The van der Waals surface area contributed by atoms with Crippen molar-refractivity contribution in [3.8, 4) is 10.4 Å². The molecule has 0 aliphatic heterocycles. The number of fused-ring (bicyclic) bond motifs is 1. The Balaban J connectivity index is 1.16. The molecule has 1 N–H and O–H groups in total. The van der Waals surface area contributed by atoms with Crippen LogP contribution in [0.5, 0.6) is 0 Å². The number of thiophene rings is 1. The quantitative estimate of drug-likeness (QED) is 0.243. The Bertz CT molecular complexity index is 1710. The molecule has 4 heteroatoms. The van der Waals surface area contributed by atoms with Crippen molar-refractivity contribution in [1.82, 2.24) is 5.32 Å². The number of benzene rings is 2. The Morgan fingerprint density at radius 2 is 1.72 bits per heavy atom. The Hall–Kier alpha value is -2.98. The van der Waals surface area contributed by atoms with Gasteiger partial charge >= 0.3 is 0 Å². The molecule has 47 heavy (non-hydrogen) atoms. The van der Waals surface area contributed by atoms with E-state index in [1.165, 1.54) is 75.3 Å². The van der Waals surface area contributed by atoms with E-state index in [9.17, 15) is 4.79 Å². The van der Waals surface area contributed by atoms with Crippen LogP contribution in [0.2, 0.25) is 5.02 Å². The molecule has 1 heterocycles. The standard InChI is InChI=1S/C43H50ClNOS/c1-5-31-11-16-33(17-12-31)34-18-13-32(14-19-34)26-45-27-37-7-6-8-38-29(3)23-42(46)40(24-35(38)15-9-28(37)2)39-25-36(20-21-41(39)44)43-22-10-30(4)47-43/h8,10,13-15,18-22,24-25,29,31,33,45H,5-7,9,11-12,16-17,23,26-27H2,1-4H3. The van der Waals surface area contributed by atoms with Crippen molar-refractivity contribution in [3.05, 3.63) is 122 Å². The van der Waals surface area contributed by atoms with Crippen molar-refractivity contribution >= 4 is 34.3 Å². The van der Waals surface area contributed by atoms with Crippen LogP contribution in [0.4, 0.5) is 0 Å². The second kappa shape index (κ2) is 15.5. The summed E-state index contributed by atoms with van der Waals surface area (Å²) < 4.78 is 0. The number of allylic oxidation sites excluding steroid dienone is 7. The summed E-state index contributed by atoms with van der Waals surface area (Å²) in [6.07, 6.45) is 17.0. The van der Waals surface area contributed by atoms with Crippen LogP contribution in [0.15, 0.2) is 95.1 Å². The molecule has 3 aliphatic rings. The summed E-state index contributed by atoms with van der Waals surface area (Å²) in [5.74, 6) is 2.01. The molecule has 1 aromatic heterocycles. The summed E-state index contributed by atoms with van der Waals surface area (Å²) in [6.45, 7) is 10.7. The molecule has 2 aromatic carbocycles. The Kier molecular flexibility index (Phi) is 11.2. The molecule has 0 radical (unpaired) electrons. The van der Waals surface area contributed by atoms with Crippen LogP contribution >= 0.6 is 22.9 Å². The minimum absolute atomic E-state index is 0.161. The van der Waals surface area contributed by atoms with Gasteiger partial charge in [0.1, 0.15) is 0 Å². The van der Waals surface area contributed by atoms with Crippen LogP contribution in [-0.2, 0) is 11.3 Å². The number of hydrogen-bond donors (Lipinski definition) is 1. The zero-order valence-electron chi connectivity index (χ0n) is 28.6. The van der Waals surface area contributed by atoms with E-state index in [-0.39, 0.29) is 11.7 Å². The van der Waals surface area contributed by atoms with Gasteiger partial charge in [0.25, 0.3) is 0 Å². The minimum Gasteiger partial charge on any atom is -0.309 e. The lowest BCUT2D eigenvalue weighted by atomic mass is 9.78. The van der Waals surface area contributed by atoms with E-state index in [1.807, 2.05) is 6.07 Å². The molecule has 2 nitrogen and oxygen atoms in total. The molecule has 0 saturated heterocycles. The molecule has 3 aliphatic carbocycles. The van der Waals surface area contributed by atoms with Gasteiger partial charge in [0.2, 0.25) is 0 Å². The Morgan fingerprint density at radius 3 is 2.45 bits per heavy atom. The second-order valence-corrected chi connectivity index (χ2v) is 15.8. The van der Waals surface area contributed by atoms with Gasteiger partial charge in [-0.3, -0.25) is 4.79 Å². The van der Waals surface area contributed by atoms with E-state index in [1.54, 1.807) is 11.3 Å². The van der Waals surface area contributed by atoms with E-state index in [2.05, 4.69) is 99.8 Å². The smallest absolute Gasteiger partial charge is 0.164 e. The largest absolute Gasteiger partial charge is 0.309 e. The van der Waals surface area contributed by atoms with Crippen molar-refractivity contribution in [1.29, 1.82) is 0 Å². The molecule has 0 spiro atoms. The van der Waals surface area contributed by atoms with E-state index in [4.69, 9.17) is 11.6 Å². The van der Waals surface area contributed by atoms with Crippen molar-refractivity contribution in [2.24, 2.45) is 11.8 Å². The number of nitrogens with one attached hydrogen (secondary N) is 1. The number of halogens is 1. The first kappa shape index (κ1) is 33.9. The first-order valence-electron chi connectivity index (χ1n) is 17.8. The molecule has 1 fully saturated rings. The van der Waals surface area contributed by atoms with Gasteiger partial charge < -0.3 is 5.32 Å². The predicted octanol–water partition coefficient (Wildman–Crippen LogP) is 12.2. The summed E-state index contributed by atoms with van der Waals surface area (Å²) in [5.41, 5.74) is 10.9. The first-order valence-corrected chi connectivity index (χ1v) is 19.0. The monoisotopic (exact) mass is 663 g/mol. The number of Topliss-reactive ketones (excluding diaryl/α,β-unsaturated/α-hetero) is 1. The summed E-state index contributed by atoms with van der Waals surface area (Å²) in [7, 11) is 0. The van der Waals surface area contributed by atoms with E-state index in [0.29, 0.717) is 11.4 Å². The van der Waals surface area contributed by atoms with Crippen LogP contribution < -0.4 is 5.32 Å². The third-order valence-electron chi connectivity index (χ3n) is 10.8. The predicted molar refractivity (Wildman–Crippen MR) is 202 cm³/mol. The fourth-order valence-corrected chi connectivity index (χ4v) is 8.81. The molecular weight excluding hydrogens is 614 g/mol. The van der Waals surface area contributed by atoms with Crippen LogP contribution in [0.25, 0.3) is 16.0 Å². The molecule has 246 valence electrons. The maximum atomic E-state index is 13.7. The van der Waals surface area contributed by atoms with Crippen LogP contribution in [0.3, 0.4) is 0 Å². The van der Waals surface area contributed by atoms with Crippen LogP contribution in [-0.4, -0.2) is 12.3 Å². The zero-order valence-corrected chi connectivity index (χ0v) is 30.2. The van der Waals surface area contributed by atoms with Crippen LogP contribution in [0, 0.1) is 18.8 Å². The third kappa shape index (κ3) is 8.19. The van der Waals surface area contributed by atoms with Crippen molar-refractivity contribution in [2.75, 3.05) is 6.54 Å². The highest BCUT2D eigenvalue weighted by Crippen LogP contribution is 2.40. The summed E-state index contributed by atoms with van der Waals surface area (Å²) >= 11 is 8.55. The summed E-state index contributed by atoms with van der Waals surface area (Å²) in [4.78, 5) is 16.2. The highest BCUT2D eigenvalue weighted by atomic mass is 35.5. The number of rotatable bonds is 8. The highest BCUT2D eigenvalue weighted by molar-refractivity contribution is 7.15. The summed E-state index contributed by atoms with van der Waals surface area (Å²) in [5, 5.41) is 4.38. The number of ketones is 1. The maximum Gasteiger partial charge on any atom is 0.164 e. The van der Waals surface area contributed by atoms with Gasteiger partial charge in [0.15, 0.2) is 5.78 Å². The van der Waals surface area contributed by atoms with Gasteiger partial charge in [-0.15, -0.1) is 11.3 Å². The lowest BCUT2D eigenvalue weighted by Gasteiger charge is -2.28. The molecule has 0 bridgehead atoms. The topological polar surface area (TPSA) is 29.1 Å². The first-order chi connectivity index (χ1) is 22.8. The SMILES string of the molecule is CCC1CCC(c2ccc(CNCC3=C(C)CC=C4C=C(c5cc(-c6ccc(C)s6)ccc5Cl)C(=O)CC(C)C4=CCC3)cc2)CC1. The fraction of sp³-hybridized carbons (Fsp3) is 0.419. The van der Waals surface area contributed by atoms with Crippen molar-refractivity contribution < 1.29 is 4.79 Å². The van der Waals surface area contributed by atoms with Gasteiger partial charge in [-0.2, -0.15) is 0 Å². The molecule has 1 saturated carbocycles. The Labute approximate surface area is 291 Å². The molecule has 1 atom stereocenters. The third-order valence-corrected chi connectivity index (χ3v) is 12.2. The fourth-order valence-electron chi connectivity index (χ4n) is 7.73. The van der Waals surface area contributed by atoms with Gasteiger partial charge in [-0.25, -0.2) is 0 Å². The van der Waals surface area contributed by atoms with Gasteiger partial charge in [-0.05, 0) is 135 Å². The zero-order chi connectivity index (χ0) is 32.9. The number of carbonyl (C=O) groups is 1. The van der Waals surface area contributed by atoms with E-state index in [0.717, 1.165) is 60.9 Å². The van der Waals surface area contributed by atoms with E-state index >= 15 is 0 Å². The van der Waals surface area contributed by atoms with Gasteiger partial charge in [-0.1, -0.05) is 85.5 Å². The van der Waals surface area contributed by atoms with Crippen LogP contribution in [0.1, 0.15) is 106 Å². The normalized spacial score (nSPS) is 22.4. The summed E-state index contributed by atoms with van der Waals surface area (Å²) in [6, 6.07) is 19.8. The number of hydrogen-bond acceptors (Lipinski definition) is 3. The average molecular weight is 664 g/mol. The molecule has 1 unspecified atom stereocenters. The molecule has 6 rings (SSSR count). The van der Waals surface area contributed by atoms with Gasteiger partial charge in [0.05, 0.1) is 0 Å². The maximum absolute atomic E-state index is 13.7. The van der Waals surface area contributed by atoms with E-state index < -0.39 is 0 Å². The molecule has 0 amide bonds. The number of carbonyl (C=O) groups excluding carboxylic acids is 1. The van der Waals surface area contributed by atoms with Crippen molar-refractivity contribution in [2.45, 2.75) is 97.9 Å². The number of aryl methyl sites for hydroxylation is 1. The molecular formula is C43H50ClNOS. The molecule has 3 aromatic rings.